The molecule has 1 fully saturated rings. The molecule has 1 aliphatic rings. The number of rotatable bonds is 10. The lowest BCUT2D eigenvalue weighted by Crippen LogP contribution is -2.58. The van der Waals surface area contributed by atoms with Crippen molar-refractivity contribution in [1.29, 1.82) is 0 Å². The van der Waals surface area contributed by atoms with Crippen molar-refractivity contribution in [1.82, 2.24) is 14.9 Å². The number of carbonyl (C=O) groups is 2. The summed E-state index contributed by atoms with van der Waals surface area (Å²) in [5.74, 6) is -6.84. The van der Waals surface area contributed by atoms with Crippen LogP contribution in [-0.4, -0.2) is 59.1 Å². The number of aliphatic hydroxyl groups is 1. The van der Waals surface area contributed by atoms with E-state index in [1.807, 2.05) is 31.2 Å². The monoisotopic (exact) mass is 635 g/mol. The highest BCUT2D eigenvalue weighted by molar-refractivity contribution is 8.00. The Bertz CT molecular complexity index is 1610. The van der Waals surface area contributed by atoms with Gasteiger partial charge in [-0.05, 0) is 56.0 Å². The van der Waals surface area contributed by atoms with Crippen molar-refractivity contribution in [3.63, 3.8) is 0 Å². The predicted octanol–water partition coefficient (Wildman–Crippen LogP) is 3.66. The van der Waals surface area contributed by atoms with Gasteiger partial charge in [0.2, 0.25) is 15.9 Å². The number of halogens is 3. The van der Waals surface area contributed by atoms with Gasteiger partial charge < -0.3 is 15.3 Å². The van der Waals surface area contributed by atoms with Crippen molar-refractivity contribution in [3.8, 4) is 0 Å². The van der Waals surface area contributed by atoms with E-state index in [2.05, 4.69) is 10.0 Å². The van der Waals surface area contributed by atoms with E-state index in [1.165, 1.54) is 16.7 Å². The molecule has 1 aliphatic heterocycles. The minimum absolute atomic E-state index is 0.0357. The molecule has 4 rings (SSSR count). The van der Waals surface area contributed by atoms with E-state index in [0.29, 0.717) is 17.7 Å². The third-order valence-electron chi connectivity index (χ3n) is 7.32. The molecule has 0 bridgehead atoms. The Morgan fingerprint density at radius 1 is 1.02 bits per heavy atom. The van der Waals surface area contributed by atoms with Gasteiger partial charge in [-0.15, -0.1) is 11.8 Å². The Morgan fingerprint density at radius 3 is 2.35 bits per heavy atom. The number of sulfonamides is 1. The number of nitrogens with one attached hydrogen (secondary N) is 2. The molecule has 8 nitrogen and oxygen atoms in total. The molecule has 3 unspecified atom stereocenters. The van der Waals surface area contributed by atoms with Crippen LogP contribution in [0.3, 0.4) is 0 Å². The SMILES string of the molecule is Cc1ccccc1CNC(=O)C1N(C(=O)C(O)C(Cc2ccccc2)NS(=O)(=O)c2ccc(F)c(F)c2F)CSC1(C)C. The van der Waals surface area contributed by atoms with Crippen LogP contribution in [0.2, 0.25) is 0 Å². The van der Waals surface area contributed by atoms with Gasteiger partial charge in [0, 0.05) is 11.3 Å². The number of aliphatic hydroxyl groups excluding tert-OH is 1. The van der Waals surface area contributed by atoms with Gasteiger partial charge in [-0.25, -0.2) is 26.3 Å². The van der Waals surface area contributed by atoms with E-state index < -0.39 is 67.1 Å². The quantitative estimate of drug-likeness (QED) is 0.293. The number of nitrogens with zero attached hydrogens (tertiary/aromatic N) is 1. The Morgan fingerprint density at radius 2 is 1.67 bits per heavy atom. The molecule has 0 aromatic heterocycles. The fourth-order valence-corrected chi connectivity index (χ4v) is 7.36. The van der Waals surface area contributed by atoms with Crippen molar-refractivity contribution < 1.29 is 36.3 Å². The van der Waals surface area contributed by atoms with E-state index in [4.69, 9.17) is 0 Å². The van der Waals surface area contributed by atoms with E-state index in [-0.39, 0.29) is 18.8 Å². The Kier molecular flexibility index (Phi) is 9.90. The van der Waals surface area contributed by atoms with Crippen LogP contribution < -0.4 is 10.0 Å². The number of thioether (sulfide) groups is 1. The van der Waals surface area contributed by atoms with Crippen LogP contribution in [0.5, 0.6) is 0 Å². The van der Waals surface area contributed by atoms with E-state index in [9.17, 15) is 36.3 Å². The Labute approximate surface area is 252 Å². The van der Waals surface area contributed by atoms with Gasteiger partial charge in [-0.1, -0.05) is 54.6 Å². The molecule has 1 heterocycles. The molecule has 0 saturated carbocycles. The van der Waals surface area contributed by atoms with Gasteiger partial charge in [0.15, 0.2) is 17.5 Å². The first-order chi connectivity index (χ1) is 20.2. The lowest BCUT2D eigenvalue weighted by atomic mass is 9.97. The van der Waals surface area contributed by atoms with Crippen molar-refractivity contribution in [3.05, 3.63) is 101 Å². The predicted molar refractivity (Wildman–Crippen MR) is 157 cm³/mol. The second-order valence-electron chi connectivity index (χ2n) is 10.8. The van der Waals surface area contributed by atoms with Crippen LogP contribution in [0, 0.1) is 24.4 Å². The van der Waals surface area contributed by atoms with E-state index >= 15 is 0 Å². The number of amides is 2. The maximum absolute atomic E-state index is 14.5. The van der Waals surface area contributed by atoms with Crippen LogP contribution in [0.4, 0.5) is 13.2 Å². The van der Waals surface area contributed by atoms with Crippen LogP contribution in [0.25, 0.3) is 0 Å². The molecule has 3 atom stereocenters. The van der Waals surface area contributed by atoms with E-state index in [0.717, 1.165) is 11.1 Å². The van der Waals surface area contributed by atoms with E-state index in [1.54, 1.807) is 44.2 Å². The summed E-state index contributed by atoms with van der Waals surface area (Å²) in [4.78, 5) is 27.2. The van der Waals surface area contributed by atoms with Crippen molar-refractivity contribution in [2.24, 2.45) is 0 Å². The minimum Gasteiger partial charge on any atom is -0.382 e. The maximum Gasteiger partial charge on any atom is 0.254 e. The maximum atomic E-state index is 14.5. The molecule has 3 N–H and O–H groups in total. The molecule has 1 saturated heterocycles. The van der Waals surface area contributed by atoms with Crippen LogP contribution in [0.1, 0.15) is 30.5 Å². The van der Waals surface area contributed by atoms with Gasteiger partial charge in [0.1, 0.15) is 17.0 Å². The molecular formula is C30H32F3N3O5S2. The summed E-state index contributed by atoms with van der Waals surface area (Å²) in [5.41, 5.74) is 2.38. The van der Waals surface area contributed by atoms with Gasteiger partial charge in [0.25, 0.3) is 5.91 Å². The molecule has 43 heavy (non-hydrogen) atoms. The number of hydrogen-bond donors (Lipinski definition) is 3. The highest BCUT2D eigenvalue weighted by Crippen LogP contribution is 2.40. The average molecular weight is 636 g/mol. The first-order valence-electron chi connectivity index (χ1n) is 13.4. The Balaban J connectivity index is 1.61. The minimum atomic E-state index is -4.89. The number of aryl methyl sites for hydroxylation is 1. The summed E-state index contributed by atoms with van der Waals surface area (Å²) in [7, 11) is -4.89. The summed E-state index contributed by atoms with van der Waals surface area (Å²) in [6.07, 6.45) is -2.24. The van der Waals surface area contributed by atoms with Crippen molar-refractivity contribution in [2.45, 2.75) is 61.6 Å². The van der Waals surface area contributed by atoms with Crippen LogP contribution in [-0.2, 0) is 32.6 Å². The van der Waals surface area contributed by atoms with Crippen molar-refractivity contribution >= 4 is 33.6 Å². The first-order valence-corrected chi connectivity index (χ1v) is 15.8. The molecule has 230 valence electrons. The normalized spacial score (nSPS) is 17.8. The average Bonchev–Trinajstić information content (AvgIpc) is 3.29. The van der Waals surface area contributed by atoms with Gasteiger partial charge in [-0.2, -0.15) is 0 Å². The summed E-state index contributed by atoms with van der Waals surface area (Å²) in [6.45, 7) is 5.68. The lowest BCUT2D eigenvalue weighted by molar-refractivity contribution is -0.147. The highest BCUT2D eigenvalue weighted by atomic mass is 32.2. The van der Waals surface area contributed by atoms with Crippen LogP contribution in [0.15, 0.2) is 71.6 Å². The fourth-order valence-electron chi connectivity index (χ4n) is 4.91. The third-order valence-corrected chi connectivity index (χ3v) is 10.2. The zero-order chi connectivity index (χ0) is 31.5. The van der Waals surface area contributed by atoms with Gasteiger partial charge >= 0.3 is 0 Å². The summed E-state index contributed by atoms with van der Waals surface area (Å²) in [6, 6.07) is 14.2. The smallest absolute Gasteiger partial charge is 0.254 e. The molecule has 0 radical (unpaired) electrons. The fraction of sp³-hybridized carbons (Fsp3) is 0.333. The van der Waals surface area contributed by atoms with Gasteiger partial charge in [0.05, 0.1) is 11.9 Å². The largest absolute Gasteiger partial charge is 0.382 e. The molecule has 3 aromatic rings. The zero-order valence-electron chi connectivity index (χ0n) is 23.7. The summed E-state index contributed by atoms with van der Waals surface area (Å²) >= 11 is 1.31. The lowest BCUT2D eigenvalue weighted by Gasteiger charge is -2.33. The Hall–Kier alpha value is -3.39. The zero-order valence-corrected chi connectivity index (χ0v) is 25.3. The highest BCUT2D eigenvalue weighted by Gasteiger charge is 2.50. The first kappa shape index (κ1) is 32.5. The molecule has 3 aromatic carbocycles. The molecular weight excluding hydrogens is 603 g/mol. The number of carbonyl (C=O) groups excluding carboxylic acids is 2. The topological polar surface area (TPSA) is 116 Å². The van der Waals surface area contributed by atoms with Gasteiger partial charge in [-0.3, -0.25) is 9.59 Å². The summed E-state index contributed by atoms with van der Waals surface area (Å²) in [5, 5.41) is 14.2. The molecule has 0 aliphatic carbocycles. The molecule has 0 spiro atoms. The summed E-state index contributed by atoms with van der Waals surface area (Å²) < 4.78 is 69.5. The second-order valence-corrected chi connectivity index (χ2v) is 14.0. The molecule has 13 heteroatoms. The van der Waals surface area contributed by atoms with Crippen molar-refractivity contribution in [2.75, 3.05) is 5.88 Å². The molecule has 2 amide bonds. The number of hydrogen-bond acceptors (Lipinski definition) is 6. The second kappa shape index (κ2) is 13.1. The standard InChI is InChI=1S/C30H32F3N3O5S2/c1-18-9-7-8-12-20(18)16-34-28(38)27-30(2,3)42-17-36(27)29(39)26(37)22(15-19-10-5-4-6-11-19)35-43(40,41)23-14-13-21(31)24(32)25(23)33/h4-14,22,26-27,35,37H,15-17H2,1-3H3,(H,34,38). The third kappa shape index (κ3) is 7.23. The number of benzene rings is 3. The van der Waals surface area contributed by atoms with Crippen LogP contribution >= 0.6 is 11.8 Å².